The number of aliphatic hydroxyl groups is 2. The van der Waals surface area contributed by atoms with Crippen LogP contribution >= 0.6 is 0 Å². The van der Waals surface area contributed by atoms with Crippen molar-refractivity contribution >= 4 is 23.7 Å². The van der Waals surface area contributed by atoms with Crippen molar-refractivity contribution < 1.29 is 29.5 Å². The van der Waals surface area contributed by atoms with Crippen molar-refractivity contribution in [1.29, 1.82) is 5.26 Å². The van der Waals surface area contributed by atoms with E-state index in [2.05, 4.69) is 39.8 Å². The second-order valence-corrected chi connectivity index (χ2v) is 11.9. The van der Waals surface area contributed by atoms with Gasteiger partial charge in [0.1, 0.15) is 17.8 Å². The molecule has 2 aromatic rings. The van der Waals surface area contributed by atoms with Gasteiger partial charge in [0.25, 0.3) is 17.5 Å². The summed E-state index contributed by atoms with van der Waals surface area (Å²) >= 11 is 0. The Hall–Kier alpha value is -4.87. The van der Waals surface area contributed by atoms with Crippen LogP contribution < -0.4 is 37.1 Å². The van der Waals surface area contributed by atoms with Gasteiger partial charge in [-0.1, -0.05) is 38.1 Å². The number of nitrogens with one attached hydrogen (secondary N) is 4. The van der Waals surface area contributed by atoms with Crippen molar-refractivity contribution in [2.24, 2.45) is 16.5 Å². The van der Waals surface area contributed by atoms with Crippen LogP contribution in [0.4, 0.5) is 0 Å². The molecule has 14 nitrogen and oxygen atoms in total. The van der Waals surface area contributed by atoms with Gasteiger partial charge < -0.3 is 31.3 Å². The molecule has 0 aliphatic carbocycles. The number of ether oxygens (including phenoxy) is 1. The molecule has 1 fully saturated rings. The van der Waals surface area contributed by atoms with Gasteiger partial charge in [-0.05, 0) is 30.0 Å². The predicted molar refractivity (Wildman–Crippen MR) is 153 cm³/mol. The molecule has 43 heavy (non-hydrogen) atoms. The smallest absolute Gasteiger partial charge is 0.343 e. The van der Waals surface area contributed by atoms with Gasteiger partial charge >= 0.3 is 5.96 Å². The quantitative estimate of drug-likeness (QED) is 0.164. The average molecular weight is 589 g/mol. The van der Waals surface area contributed by atoms with Crippen LogP contribution in [0.1, 0.15) is 52.1 Å². The normalized spacial score (nSPS) is 27.6. The van der Waals surface area contributed by atoms with E-state index in [1.54, 1.807) is 24.3 Å². The Morgan fingerprint density at radius 3 is 2.70 bits per heavy atom. The standard InChI is InChI=1S/C29H33N9O5/c1-27(2)10-11-43-21-17(8-5-9-18(21)27)24(40)35-20-14-38-26(32)34-19(22-28(38,29(20,41)42)37-25(31)36-22)13-33-23(39)16-7-4-3-6-15(16)12-30/h3-9,19-20,22,41-42H,10-11,13-14H2,1-2H3,(H2,32,34)(H,33,39)(H,35,40)(H3,31,36,37)/p+1/t19-,20?,22-,28-/m0/s1. The van der Waals surface area contributed by atoms with Crippen LogP contribution in [0, 0.1) is 11.3 Å². The molecule has 0 radical (unpaired) electrons. The molecule has 1 saturated heterocycles. The molecular weight excluding hydrogens is 554 g/mol. The average Bonchev–Trinajstić information content (AvgIpc) is 3.44. The molecular formula is C29H34N9O5+. The molecule has 0 bridgehead atoms. The van der Waals surface area contributed by atoms with Crippen LogP contribution in [0.3, 0.4) is 0 Å². The summed E-state index contributed by atoms with van der Waals surface area (Å²) in [5, 5.41) is 41.4. The minimum atomic E-state index is -2.62. The highest BCUT2D eigenvalue weighted by molar-refractivity contribution is 5.98. The zero-order chi connectivity index (χ0) is 30.7. The summed E-state index contributed by atoms with van der Waals surface area (Å²) in [4.78, 5) is 35.5. The number of nitrogens with two attached hydrogens (primary N) is 2. The number of carbonyl (C=O) groups is 2. The van der Waals surface area contributed by atoms with Crippen molar-refractivity contribution in [3.63, 3.8) is 0 Å². The van der Waals surface area contributed by atoms with Crippen molar-refractivity contribution in [1.82, 2.24) is 20.9 Å². The maximum atomic E-state index is 13.6. The van der Waals surface area contributed by atoms with Gasteiger partial charge in [0.2, 0.25) is 5.79 Å². The highest BCUT2D eigenvalue weighted by Gasteiger charge is 2.76. The molecule has 10 N–H and O–H groups in total. The van der Waals surface area contributed by atoms with Crippen molar-refractivity contribution in [2.75, 3.05) is 19.7 Å². The third kappa shape index (κ3) is 4.23. The monoisotopic (exact) mass is 588 g/mol. The fraction of sp³-hybridized carbons (Fsp3) is 0.414. The third-order valence-electron chi connectivity index (χ3n) is 8.91. The lowest BCUT2D eigenvalue weighted by molar-refractivity contribution is -0.521. The predicted octanol–water partition coefficient (Wildman–Crippen LogP) is -3.10. The largest absolute Gasteiger partial charge is 0.492 e. The van der Waals surface area contributed by atoms with Crippen LogP contribution in [0.25, 0.3) is 0 Å². The van der Waals surface area contributed by atoms with Gasteiger partial charge in [-0.25, -0.2) is 10.3 Å². The van der Waals surface area contributed by atoms with E-state index in [1.807, 2.05) is 12.1 Å². The Balaban J connectivity index is 1.27. The van der Waals surface area contributed by atoms with E-state index in [9.17, 15) is 25.1 Å². The van der Waals surface area contributed by atoms with E-state index in [-0.39, 0.29) is 47.1 Å². The number of hydrogen-bond donors (Lipinski definition) is 8. The van der Waals surface area contributed by atoms with Gasteiger partial charge in [-0.2, -0.15) is 5.26 Å². The Labute approximate surface area is 247 Å². The van der Waals surface area contributed by atoms with Crippen molar-refractivity contribution in [3.05, 3.63) is 64.7 Å². The first-order chi connectivity index (χ1) is 20.4. The van der Waals surface area contributed by atoms with Crippen molar-refractivity contribution in [3.8, 4) is 11.8 Å². The minimum Gasteiger partial charge on any atom is -0.492 e. The fourth-order valence-electron chi connectivity index (χ4n) is 6.59. The molecule has 6 rings (SSSR count). The number of guanidine groups is 2. The number of nitrogens with zero attached hydrogens (tertiary/aromatic N) is 3. The molecule has 224 valence electrons. The maximum absolute atomic E-state index is 13.6. The van der Waals surface area contributed by atoms with Crippen LogP contribution in [-0.2, 0) is 5.41 Å². The van der Waals surface area contributed by atoms with Gasteiger partial charge in [0, 0.05) is 12.1 Å². The Kier molecular flexibility index (Phi) is 6.48. The number of rotatable bonds is 5. The van der Waals surface area contributed by atoms with E-state index in [1.165, 1.54) is 17.0 Å². The number of amides is 2. The molecule has 14 heteroatoms. The molecule has 0 aromatic heterocycles. The molecule has 4 aliphatic heterocycles. The Morgan fingerprint density at radius 1 is 1.19 bits per heavy atom. The zero-order valence-corrected chi connectivity index (χ0v) is 23.7. The summed E-state index contributed by atoms with van der Waals surface area (Å²) in [6, 6.07) is 10.8. The van der Waals surface area contributed by atoms with E-state index >= 15 is 0 Å². The van der Waals surface area contributed by atoms with E-state index < -0.39 is 41.4 Å². The first-order valence-electron chi connectivity index (χ1n) is 14.0. The highest BCUT2D eigenvalue weighted by Crippen LogP contribution is 2.43. The van der Waals surface area contributed by atoms with Gasteiger partial charge in [-0.15, -0.1) is 0 Å². The summed E-state index contributed by atoms with van der Waals surface area (Å²) in [7, 11) is 0. The number of hydrogen-bond acceptors (Lipinski definition) is 11. The Bertz CT molecular complexity index is 1610. The van der Waals surface area contributed by atoms with Gasteiger partial charge in [0.05, 0.1) is 35.9 Å². The Morgan fingerprint density at radius 2 is 1.93 bits per heavy atom. The third-order valence-corrected chi connectivity index (χ3v) is 8.91. The SMILES string of the molecule is CC1(C)CCOc2c(C(=O)NC3CN4C(N)=N[C@@H](CNC(=O)c5ccccc5C#N)[C@@H]5[NH+]=C(N)N[C@@]54C3(O)O)cccc21. The second-order valence-electron chi connectivity index (χ2n) is 11.9. The number of nitriles is 1. The maximum Gasteiger partial charge on any atom is 0.343 e. The van der Waals surface area contributed by atoms with Gasteiger partial charge in [-0.3, -0.25) is 25.2 Å². The lowest BCUT2D eigenvalue weighted by atomic mass is 9.79. The van der Waals surface area contributed by atoms with Crippen LogP contribution in [0.5, 0.6) is 5.75 Å². The first-order valence-corrected chi connectivity index (χ1v) is 14.0. The molecule has 4 aliphatic rings. The molecule has 1 unspecified atom stereocenters. The summed E-state index contributed by atoms with van der Waals surface area (Å²) in [6.45, 7) is 4.44. The number of para-hydroxylation sites is 1. The molecule has 0 saturated carbocycles. The molecule has 2 aromatic carbocycles. The van der Waals surface area contributed by atoms with Crippen LogP contribution in [0.2, 0.25) is 0 Å². The van der Waals surface area contributed by atoms with Crippen molar-refractivity contribution in [2.45, 2.75) is 55.3 Å². The molecule has 1 spiro atoms. The highest BCUT2D eigenvalue weighted by atomic mass is 16.5. The van der Waals surface area contributed by atoms with Gasteiger partial charge in [0.15, 0.2) is 12.0 Å². The van der Waals surface area contributed by atoms with E-state index in [4.69, 9.17) is 16.2 Å². The molecule has 4 heterocycles. The summed E-state index contributed by atoms with van der Waals surface area (Å²) in [5.74, 6) is -3.19. The number of benzene rings is 2. The minimum absolute atomic E-state index is 0.0386. The lowest BCUT2D eigenvalue weighted by Crippen LogP contribution is -2.90. The topological polar surface area (TPSA) is 225 Å². The molecule has 2 amide bonds. The zero-order valence-electron chi connectivity index (χ0n) is 23.7. The van der Waals surface area contributed by atoms with E-state index in [0.29, 0.717) is 12.4 Å². The fourth-order valence-corrected chi connectivity index (χ4v) is 6.59. The van der Waals surface area contributed by atoms with Crippen LogP contribution in [-0.4, -0.2) is 88.1 Å². The summed E-state index contributed by atoms with van der Waals surface area (Å²) in [5.41, 5.74) is 12.1. The number of aliphatic imine (C=N–C) groups is 1. The first kappa shape index (κ1) is 28.3. The number of fused-ring (bicyclic) bond motifs is 1. The van der Waals surface area contributed by atoms with Crippen LogP contribution in [0.15, 0.2) is 47.5 Å². The summed E-state index contributed by atoms with van der Waals surface area (Å²) < 4.78 is 5.90. The van der Waals surface area contributed by atoms with E-state index in [0.717, 1.165) is 12.0 Å². The summed E-state index contributed by atoms with van der Waals surface area (Å²) in [6.07, 6.45) is 0.796. The number of carbonyl (C=O) groups excluding carboxylic acids is 2. The molecule has 4 atom stereocenters. The lowest BCUT2D eigenvalue weighted by Gasteiger charge is -2.46. The second kappa shape index (κ2) is 9.85.